The summed E-state index contributed by atoms with van der Waals surface area (Å²) in [6.45, 7) is 4.53. The van der Waals surface area contributed by atoms with Gasteiger partial charge < -0.3 is 15.0 Å². The van der Waals surface area contributed by atoms with Crippen molar-refractivity contribution in [1.82, 2.24) is 9.88 Å². The third kappa shape index (κ3) is 2.36. The Bertz CT molecular complexity index is 748. The molecule has 2 N–H and O–H groups in total. The summed E-state index contributed by atoms with van der Waals surface area (Å²) < 4.78 is 0. The summed E-state index contributed by atoms with van der Waals surface area (Å²) in [4.78, 5) is 28.9. The zero-order chi connectivity index (χ0) is 15.9. The number of aliphatic carboxylic acids is 1. The minimum atomic E-state index is -0.914. The van der Waals surface area contributed by atoms with Crippen LogP contribution in [0.25, 0.3) is 10.9 Å². The van der Waals surface area contributed by atoms with Crippen LogP contribution >= 0.6 is 0 Å². The molecule has 3 rings (SSSR count). The van der Waals surface area contributed by atoms with Gasteiger partial charge in [-0.25, -0.2) is 4.79 Å². The van der Waals surface area contributed by atoms with Gasteiger partial charge in [0.15, 0.2) is 0 Å². The number of hydrogen-bond acceptors (Lipinski definition) is 2. The monoisotopic (exact) mass is 300 g/mol. The number of aromatic nitrogens is 1. The number of rotatable bonds is 2. The zero-order valence-corrected chi connectivity index (χ0v) is 12.8. The summed E-state index contributed by atoms with van der Waals surface area (Å²) in [5.74, 6) is -1.10. The summed E-state index contributed by atoms with van der Waals surface area (Å²) in [7, 11) is 0. The number of nitrogens with one attached hydrogen (secondary N) is 1. The predicted octanol–water partition coefficient (Wildman–Crippen LogP) is 2.86. The lowest BCUT2D eigenvalue weighted by atomic mass is 10.00. The van der Waals surface area contributed by atoms with Crippen molar-refractivity contribution in [2.24, 2.45) is 0 Å². The molecule has 1 amide bonds. The Morgan fingerprint density at radius 2 is 2.05 bits per heavy atom. The van der Waals surface area contributed by atoms with Crippen LogP contribution in [0.15, 0.2) is 18.2 Å². The molecule has 1 atom stereocenters. The number of benzene rings is 1. The molecule has 22 heavy (non-hydrogen) atoms. The number of hydrogen-bond donors (Lipinski definition) is 2. The Morgan fingerprint density at radius 3 is 2.77 bits per heavy atom. The van der Waals surface area contributed by atoms with Gasteiger partial charge in [0.1, 0.15) is 6.04 Å². The van der Waals surface area contributed by atoms with E-state index in [1.165, 1.54) is 4.90 Å². The highest BCUT2D eigenvalue weighted by Crippen LogP contribution is 2.25. The van der Waals surface area contributed by atoms with Crippen molar-refractivity contribution in [3.05, 3.63) is 35.0 Å². The fourth-order valence-electron chi connectivity index (χ4n) is 3.19. The summed E-state index contributed by atoms with van der Waals surface area (Å²) in [5, 5.41) is 10.3. The van der Waals surface area contributed by atoms with E-state index in [4.69, 9.17) is 0 Å². The fourth-order valence-corrected chi connectivity index (χ4v) is 3.19. The molecule has 0 spiro atoms. The van der Waals surface area contributed by atoms with Crippen LogP contribution in [0.4, 0.5) is 0 Å². The maximum Gasteiger partial charge on any atom is 0.326 e. The van der Waals surface area contributed by atoms with Gasteiger partial charge in [0.25, 0.3) is 5.91 Å². The van der Waals surface area contributed by atoms with Crippen molar-refractivity contribution in [2.45, 2.75) is 39.2 Å². The maximum atomic E-state index is 12.7. The van der Waals surface area contributed by atoms with Gasteiger partial charge >= 0.3 is 5.97 Å². The molecule has 5 heteroatoms. The lowest BCUT2D eigenvalue weighted by Crippen LogP contribution is -2.47. The molecule has 1 aromatic carbocycles. The Balaban J connectivity index is 1.97. The number of amides is 1. The lowest BCUT2D eigenvalue weighted by molar-refractivity contribution is -0.143. The van der Waals surface area contributed by atoms with E-state index in [0.717, 1.165) is 35.0 Å². The number of carboxylic acids is 1. The maximum absolute atomic E-state index is 12.7. The average Bonchev–Trinajstić information content (AvgIpc) is 2.81. The molecule has 116 valence electrons. The van der Waals surface area contributed by atoms with Crippen molar-refractivity contribution in [3.8, 4) is 0 Å². The third-order valence-electron chi connectivity index (χ3n) is 4.60. The van der Waals surface area contributed by atoms with Crippen molar-refractivity contribution >= 4 is 22.8 Å². The van der Waals surface area contributed by atoms with Crippen LogP contribution in [0.2, 0.25) is 0 Å². The van der Waals surface area contributed by atoms with E-state index in [9.17, 15) is 14.7 Å². The van der Waals surface area contributed by atoms with Crippen LogP contribution in [0.3, 0.4) is 0 Å². The van der Waals surface area contributed by atoms with Gasteiger partial charge in [0.2, 0.25) is 0 Å². The molecular weight excluding hydrogens is 280 g/mol. The molecule has 1 aliphatic rings. The van der Waals surface area contributed by atoms with Crippen LogP contribution < -0.4 is 0 Å². The van der Waals surface area contributed by atoms with Crippen molar-refractivity contribution in [2.75, 3.05) is 6.54 Å². The Labute approximate surface area is 128 Å². The second-order valence-electron chi connectivity index (χ2n) is 5.98. The smallest absolute Gasteiger partial charge is 0.326 e. The van der Waals surface area contributed by atoms with Gasteiger partial charge in [-0.05, 0) is 56.9 Å². The van der Waals surface area contributed by atoms with Gasteiger partial charge in [-0.2, -0.15) is 0 Å². The van der Waals surface area contributed by atoms with E-state index in [1.807, 2.05) is 26.0 Å². The molecule has 2 aromatic rings. The number of fused-ring (bicyclic) bond motifs is 1. The number of carbonyl (C=O) groups excluding carboxylic acids is 1. The number of aryl methyl sites for hydroxylation is 2. The standard InChI is InChI=1S/C17H20N2O3/c1-10-11(2)18-14-7-6-12(9-13(10)14)16(20)19-8-4-3-5-15(19)17(21)22/h6-7,9,15,18H,3-5,8H2,1-2H3,(H,21,22)/t15-/m1/s1. The fraction of sp³-hybridized carbons (Fsp3) is 0.412. The SMILES string of the molecule is Cc1[nH]c2ccc(C(=O)N3CCCC[C@@H]3C(=O)O)cc2c1C. The number of piperidine rings is 1. The average molecular weight is 300 g/mol. The number of H-pyrrole nitrogens is 1. The lowest BCUT2D eigenvalue weighted by Gasteiger charge is -2.33. The van der Waals surface area contributed by atoms with E-state index in [1.54, 1.807) is 6.07 Å². The topological polar surface area (TPSA) is 73.4 Å². The van der Waals surface area contributed by atoms with Crippen molar-refractivity contribution in [1.29, 1.82) is 0 Å². The molecular formula is C17H20N2O3. The molecule has 5 nitrogen and oxygen atoms in total. The van der Waals surface area contributed by atoms with Crippen LogP contribution in [-0.2, 0) is 4.79 Å². The molecule has 1 aliphatic heterocycles. The molecule has 0 bridgehead atoms. The van der Waals surface area contributed by atoms with E-state index in [2.05, 4.69) is 4.98 Å². The summed E-state index contributed by atoms with van der Waals surface area (Å²) >= 11 is 0. The molecule has 1 saturated heterocycles. The largest absolute Gasteiger partial charge is 0.480 e. The first-order valence-electron chi connectivity index (χ1n) is 7.61. The Kier molecular flexibility index (Phi) is 3.64. The van der Waals surface area contributed by atoms with Crippen LogP contribution in [-0.4, -0.2) is 39.5 Å². The Hall–Kier alpha value is -2.30. The van der Waals surface area contributed by atoms with E-state index in [-0.39, 0.29) is 5.91 Å². The number of nitrogens with zero attached hydrogens (tertiary/aromatic N) is 1. The number of carboxylic acid groups (broad SMARTS) is 1. The molecule has 0 saturated carbocycles. The minimum absolute atomic E-state index is 0.188. The minimum Gasteiger partial charge on any atom is -0.480 e. The predicted molar refractivity (Wildman–Crippen MR) is 84.1 cm³/mol. The van der Waals surface area contributed by atoms with E-state index < -0.39 is 12.0 Å². The van der Waals surface area contributed by atoms with E-state index in [0.29, 0.717) is 18.5 Å². The third-order valence-corrected chi connectivity index (χ3v) is 4.60. The van der Waals surface area contributed by atoms with Crippen LogP contribution in [0.1, 0.15) is 40.9 Å². The molecule has 1 fully saturated rings. The normalized spacial score (nSPS) is 18.6. The molecule has 0 radical (unpaired) electrons. The number of aromatic amines is 1. The Morgan fingerprint density at radius 1 is 1.27 bits per heavy atom. The van der Waals surface area contributed by atoms with Crippen LogP contribution in [0.5, 0.6) is 0 Å². The zero-order valence-electron chi connectivity index (χ0n) is 12.8. The number of likely N-dealkylation sites (tertiary alicyclic amines) is 1. The second kappa shape index (κ2) is 5.48. The highest BCUT2D eigenvalue weighted by Gasteiger charge is 2.32. The van der Waals surface area contributed by atoms with Gasteiger partial charge in [-0.15, -0.1) is 0 Å². The van der Waals surface area contributed by atoms with Gasteiger partial charge in [0, 0.05) is 28.7 Å². The first-order chi connectivity index (χ1) is 10.5. The molecule has 0 aliphatic carbocycles. The summed E-state index contributed by atoms with van der Waals surface area (Å²) in [5.41, 5.74) is 3.77. The molecule has 0 unspecified atom stereocenters. The quantitative estimate of drug-likeness (QED) is 0.895. The molecule has 2 heterocycles. The molecule has 1 aromatic heterocycles. The summed E-state index contributed by atoms with van der Waals surface area (Å²) in [6, 6.07) is 4.82. The highest BCUT2D eigenvalue weighted by atomic mass is 16.4. The van der Waals surface area contributed by atoms with Gasteiger partial charge in [0.05, 0.1) is 0 Å². The summed E-state index contributed by atoms with van der Waals surface area (Å²) in [6.07, 6.45) is 2.25. The number of carbonyl (C=O) groups is 2. The first kappa shape index (κ1) is 14.6. The second-order valence-corrected chi connectivity index (χ2v) is 5.98. The van der Waals surface area contributed by atoms with Crippen LogP contribution in [0, 0.1) is 13.8 Å². The highest BCUT2D eigenvalue weighted by molar-refractivity contribution is 6.00. The van der Waals surface area contributed by atoms with E-state index >= 15 is 0 Å². The van der Waals surface area contributed by atoms with Crippen molar-refractivity contribution < 1.29 is 14.7 Å². The first-order valence-corrected chi connectivity index (χ1v) is 7.61. The van der Waals surface area contributed by atoms with Gasteiger partial charge in [-0.1, -0.05) is 0 Å². The van der Waals surface area contributed by atoms with Gasteiger partial charge in [-0.3, -0.25) is 4.79 Å². The van der Waals surface area contributed by atoms with Crippen molar-refractivity contribution in [3.63, 3.8) is 0 Å².